The van der Waals surface area contributed by atoms with Gasteiger partial charge in [-0.1, -0.05) is 29.6 Å². The van der Waals surface area contributed by atoms with Crippen LogP contribution in [0.25, 0.3) is 0 Å². The predicted molar refractivity (Wildman–Crippen MR) is 85.3 cm³/mol. The molecule has 0 aliphatic rings. The molecule has 1 unspecified atom stereocenters. The Bertz CT molecular complexity index is 415. The molecule has 0 radical (unpaired) electrons. The second-order valence-corrected chi connectivity index (χ2v) is 9.60. The maximum atomic E-state index is 12.2. The van der Waals surface area contributed by atoms with E-state index >= 15 is 0 Å². The summed E-state index contributed by atoms with van der Waals surface area (Å²) in [5.41, 5.74) is 0. The van der Waals surface area contributed by atoms with Crippen molar-refractivity contribution in [3.05, 3.63) is 30.3 Å². The van der Waals surface area contributed by atoms with Gasteiger partial charge in [0.2, 0.25) is 0 Å². The molecule has 1 aromatic rings. The van der Waals surface area contributed by atoms with Crippen molar-refractivity contribution in [2.24, 2.45) is 0 Å². The fourth-order valence-corrected chi connectivity index (χ4v) is 5.11. The van der Waals surface area contributed by atoms with Crippen LogP contribution in [-0.2, 0) is 4.57 Å². The smallest absolute Gasteiger partial charge is 0.284 e. The van der Waals surface area contributed by atoms with Gasteiger partial charge in [0.05, 0.1) is 0 Å². The Morgan fingerprint density at radius 2 is 1.68 bits per heavy atom. The zero-order chi connectivity index (χ0) is 14.5. The van der Waals surface area contributed by atoms with Crippen LogP contribution in [0.4, 0.5) is 0 Å². The molecule has 5 heteroatoms. The van der Waals surface area contributed by atoms with Gasteiger partial charge in [-0.3, -0.25) is 9.46 Å². The molecule has 3 nitrogen and oxygen atoms in total. The van der Waals surface area contributed by atoms with Crippen LogP contribution < -0.4 is 5.30 Å². The van der Waals surface area contributed by atoms with Crippen molar-refractivity contribution < 1.29 is 9.46 Å². The summed E-state index contributed by atoms with van der Waals surface area (Å²) in [7, 11) is 0. The third-order valence-corrected chi connectivity index (χ3v) is 6.92. The lowest BCUT2D eigenvalue weighted by molar-refractivity contribution is 0.187. The van der Waals surface area contributed by atoms with Gasteiger partial charge >= 0.3 is 0 Å². The average Bonchev–Trinajstić information content (AvgIpc) is 2.34. The monoisotopic (exact) mass is 301 g/mol. The third kappa shape index (κ3) is 5.31. The summed E-state index contributed by atoms with van der Waals surface area (Å²) in [6, 6.07) is 9.80. The van der Waals surface area contributed by atoms with Crippen LogP contribution in [0.5, 0.6) is 0 Å². The number of hydrogen-bond donors (Lipinski definition) is 1. The van der Waals surface area contributed by atoms with Crippen LogP contribution in [0.3, 0.4) is 0 Å². The van der Waals surface area contributed by atoms with Crippen molar-refractivity contribution in [1.29, 1.82) is 0 Å². The summed E-state index contributed by atoms with van der Waals surface area (Å²) >= 11 is 1.16. The first kappa shape index (κ1) is 16.8. The number of benzene rings is 1. The van der Waals surface area contributed by atoms with E-state index in [4.69, 9.17) is 0 Å². The topological polar surface area (TPSA) is 40.5 Å². The largest absolute Gasteiger partial charge is 0.334 e. The molecule has 1 atom stereocenters. The molecule has 0 heterocycles. The van der Waals surface area contributed by atoms with E-state index in [-0.39, 0.29) is 0 Å². The molecule has 19 heavy (non-hydrogen) atoms. The van der Waals surface area contributed by atoms with E-state index in [1.807, 2.05) is 6.07 Å². The Hall–Kier alpha value is -0.280. The quantitative estimate of drug-likeness (QED) is 0.784. The van der Waals surface area contributed by atoms with Crippen molar-refractivity contribution in [1.82, 2.24) is 4.90 Å². The minimum Gasteiger partial charge on any atom is -0.334 e. The molecule has 0 aliphatic heterocycles. The highest BCUT2D eigenvalue weighted by Crippen LogP contribution is 2.53. The van der Waals surface area contributed by atoms with Crippen LogP contribution in [0.1, 0.15) is 27.7 Å². The van der Waals surface area contributed by atoms with Crippen LogP contribution >= 0.6 is 18.0 Å². The molecular weight excluding hydrogens is 277 g/mol. The third-order valence-electron chi connectivity index (χ3n) is 3.02. The highest BCUT2D eigenvalue weighted by atomic mass is 32.7. The summed E-state index contributed by atoms with van der Waals surface area (Å²) < 4.78 is 12.2. The van der Waals surface area contributed by atoms with Gasteiger partial charge in [0.15, 0.2) is 0 Å². The van der Waals surface area contributed by atoms with Gasteiger partial charge in [0.1, 0.15) is 0 Å². The summed E-state index contributed by atoms with van der Waals surface area (Å²) in [4.78, 5) is 12.4. The fourth-order valence-electron chi connectivity index (χ4n) is 2.07. The van der Waals surface area contributed by atoms with Gasteiger partial charge < -0.3 is 4.89 Å². The van der Waals surface area contributed by atoms with Crippen molar-refractivity contribution >= 4 is 23.3 Å². The van der Waals surface area contributed by atoms with Gasteiger partial charge in [0.25, 0.3) is 6.57 Å². The molecular formula is C14H24NO2PS. The van der Waals surface area contributed by atoms with E-state index < -0.39 is 6.57 Å². The molecule has 0 amide bonds. The normalized spacial score (nSPS) is 15.2. The Balaban J connectivity index is 2.55. The van der Waals surface area contributed by atoms with Gasteiger partial charge in [-0.25, -0.2) is 0 Å². The first-order valence-corrected chi connectivity index (χ1v) is 9.88. The number of nitrogens with zero attached hydrogens (tertiary/aromatic N) is 1. The minimum atomic E-state index is -3.27. The maximum Gasteiger partial charge on any atom is 0.284 e. The molecule has 1 N–H and O–H groups in total. The second kappa shape index (κ2) is 7.49. The van der Waals surface area contributed by atoms with E-state index in [9.17, 15) is 9.46 Å². The molecule has 108 valence electrons. The molecule has 0 aromatic heterocycles. The lowest BCUT2D eigenvalue weighted by Crippen LogP contribution is -2.38. The number of hydrogen-bond acceptors (Lipinski definition) is 3. The predicted octanol–water partition coefficient (Wildman–Crippen LogP) is 3.35. The zero-order valence-corrected chi connectivity index (χ0v) is 13.8. The summed E-state index contributed by atoms with van der Waals surface area (Å²) in [6.45, 7) is 6.17. The molecule has 0 aliphatic carbocycles. The first-order valence-electron chi connectivity index (χ1n) is 6.63. The maximum absolute atomic E-state index is 12.2. The highest BCUT2D eigenvalue weighted by molar-refractivity contribution is 8.58. The van der Waals surface area contributed by atoms with Crippen molar-refractivity contribution in [2.75, 3.05) is 12.3 Å². The minimum absolute atomic E-state index is 0.454. The SMILES string of the molecule is CC(C)N(CCSP(=O)(O)c1ccccc1)C(C)C. The first-order chi connectivity index (χ1) is 8.84. The lowest BCUT2D eigenvalue weighted by atomic mass is 10.2. The van der Waals surface area contributed by atoms with Gasteiger partial charge in [-0.2, -0.15) is 0 Å². The molecule has 0 saturated carbocycles. The van der Waals surface area contributed by atoms with E-state index in [0.717, 1.165) is 17.9 Å². The average molecular weight is 301 g/mol. The van der Waals surface area contributed by atoms with Crippen molar-refractivity contribution in [3.63, 3.8) is 0 Å². The summed E-state index contributed by atoms with van der Waals surface area (Å²) in [5, 5.41) is 0.528. The molecule has 0 saturated heterocycles. The Labute approximate surface area is 120 Å². The van der Waals surface area contributed by atoms with Gasteiger partial charge in [-0.05, 0) is 39.8 Å². The summed E-state index contributed by atoms with van der Waals surface area (Å²) in [6.07, 6.45) is 0. The van der Waals surface area contributed by atoms with Crippen molar-refractivity contribution in [3.8, 4) is 0 Å². The van der Waals surface area contributed by atoms with Crippen LogP contribution in [-0.4, -0.2) is 34.2 Å². The van der Waals surface area contributed by atoms with Crippen LogP contribution in [0.15, 0.2) is 30.3 Å². The Morgan fingerprint density at radius 1 is 1.16 bits per heavy atom. The molecule has 1 aromatic carbocycles. The van der Waals surface area contributed by atoms with Crippen LogP contribution in [0, 0.1) is 0 Å². The van der Waals surface area contributed by atoms with Crippen molar-refractivity contribution in [2.45, 2.75) is 39.8 Å². The van der Waals surface area contributed by atoms with E-state index in [1.165, 1.54) is 0 Å². The van der Waals surface area contributed by atoms with E-state index in [1.54, 1.807) is 24.3 Å². The molecule has 0 bridgehead atoms. The van der Waals surface area contributed by atoms with Gasteiger partial charge in [-0.15, -0.1) is 0 Å². The standard InChI is InChI=1S/C14H24NO2PS/c1-12(2)15(13(3)4)10-11-19-18(16,17)14-8-6-5-7-9-14/h5-9,12-13H,10-11H2,1-4H3,(H,16,17). The zero-order valence-electron chi connectivity index (χ0n) is 12.1. The summed E-state index contributed by atoms with van der Waals surface area (Å²) in [5.74, 6) is 0.666. The molecule has 0 fully saturated rings. The lowest BCUT2D eigenvalue weighted by Gasteiger charge is -2.30. The van der Waals surface area contributed by atoms with E-state index in [2.05, 4.69) is 32.6 Å². The second-order valence-electron chi connectivity index (χ2n) is 5.11. The van der Waals surface area contributed by atoms with Gasteiger partial charge in [0, 0.05) is 29.7 Å². The Kier molecular flexibility index (Phi) is 6.61. The molecule has 0 spiro atoms. The Morgan fingerprint density at radius 3 is 2.16 bits per heavy atom. The van der Waals surface area contributed by atoms with E-state index in [0.29, 0.717) is 23.1 Å². The number of rotatable bonds is 7. The highest BCUT2D eigenvalue weighted by Gasteiger charge is 2.22. The van der Waals surface area contributed by atoms with Crippen LogP contribution in [0.2, 0.25) is 0 Å². The molecule has 1 rings (SSSR count). The fraction of sp³-hybridized carbons (Fsp3) is 0.571.